The summed E-state index contributed by atoms with van der Waals surface area (Å²) in [6.07, 6.45) is 3.54. The van der Waals surface area contributed by atoms with Gasteiger partial charge in [-0.2, -0.15) is 0 Å². The van der Waals surface area contributed by atoms with Gasteiger partial charge in [-0.15, -0.1) is 11.3 Å². The summed E-state index contributed by atoms with van der Waals surface area (Å²) in [6, 6.07) is 16.6. The van der Waals surface area contributed by atoms with Crippen molar-refractivity contribution in [2.24, 2.45) is 5.41 Å². The quantitative estimate of drug-likeness (QED) is 0.189. The Morgan fingerprint density at radius 3 is 2.36 bits per heavy atom. The normalized spacial score (nSPS) is 15.9. The molecule has 270 valence electrons. The average Bonchev–Trinajstić information content (AvgIpc) is 3.38. The fourth-order valence-corrected chi connectivity index (χ4v) is 8.31. The summed E-state index contributed by atoms with van der Waals surface area (Å²) >= 11 is 0.801. The second-order valence-electron chi connectivity index (χ2n) is 13.5. The molecule has 5 aromatic rings. The number of nitrogens with zero attached hydrogens (tertiary/aromatic N) is 4. The molecule has 0 unspecified atom stereocenters. The number of carbonyl (C=O) groups is 3. The smallest absolute Gasteiger partial charge is 0.268 e. The van der Waals surface area contributed by atoms with Crippen LogP contribution in [0.25, 0.3) is 10.6 Å². The van der Waals surface area contributed by atoms with E-state index in [0.29, 0.717) is 38.9 Å². The summed E-state index contributed by atoms with van der Waals surface area (Å²) in [5.41, 5.74) is 2.52. The van der Waals surface area contributed by atoms with Gasteiger partial charge in [-0.3, -0.25) is 19.4 Å². The van der Waals surface area contributed by atoms with E-state index in [0.717, 1.165) is 74.4 Å². The maximum atomic E-state index is 15.8. The van der Waals surface area contributed by atoms with Crippen LogP contribution in [-0.4, -0.2) is 60.5 Å². The third-order valence-corrected chi connectivity index (χ3v) is 11.2. The van der Waals surface area contributed by atoms with Crippen LogP contribution in [0.1, 0.15) is 54.5 Å². The summed E-state index contributed by atoms with van der Waals surface area (Å²) in [5.74, 6) is -3.85. The first-order chi connectivity index (χ1) is 25.6. The standard InChI is InChI=1S/C39H33F3N6O4S/c1-22-7-12-26(35(44-22)47-20-39(21-47)14-18-52-19-15-39)36(49)45-24-10-8-23(9-11-24)38(51)48-17-13-25-30(42)34(53-33(25)32-29(48)6-3-16-43-32)37(50)46-31-27(40)4-2-5-28(31)41/h2-12,16H,13-15,17-21H2,1H3,(H,45,49)(H,46,50). The molecule has 14 heteroatoms. The van der Waals surface area contributed by atoms with Crippen molar-refractivity contribution < 1.29 is 32.3 Å². The number of benzene rings is 2. The molecule has 2 N–H and O–H groups in total. The van der Waals surface area contributed by atoms with Gasteiger partial charge in [0.05, 0.1) is 16.1 Å². The highest BCUT2D eigenvalue weighted by molar-refractivity contribution is 7.17. The van der Waals surface area contributed by atoms with Crippen LogP contribution in [0.2, 0.25) is 0 Å². The van der Waals surface area contributed by atoms with Gasteiger partial charge >= 0.3 is 0 Å². The Kier molecular flexibility index (Phi) is 8.95. The molecule has 2 fully saturated rings. The lowest BCUT2D eigenvalue weighted by atomic mass is 9.73. The number of ether oxygens (including phenoxy) is 1. The molecule has 3 aliphatic rings. The summed E-state index contributed by atoms with van der Waals surface area (Å²) in [5, 5.41) is 5.08. The number of hydrogen-bond donors (Lipinski definition) is 2. The van der Waals surface area contributed by atoms with Crippen molar-refractivity contribution in [3.8, 4) is 10.6 Å². The Balaban J connectivity index is 0.989. The van der Waals surface area contributed by atoms with Gasteiger partial charge in [0, 0.05) is 67.0 Å². The molecule has 10 nitrogen and oxygen atoms in total. The predicted octanol–water partition coefficient (Wildman–Crippen LogP) is 7.26. The van der Waals surface area contributed by atoms with Gasteiger partial charge in [-0.05, 0) is 86.8 Å². The fourth-order valence-electron chi connectivity index (χ4n) is 7.18. The van der Waals surface area contributed by atoms with Gasteiger partial charge in [-0.1, -0.05) is 6.07 Å². The van der Waals surface area contributed by atoms with Crippen molar-refractivity contribution >= 4 is 51.9 Å². The zero-order valence-corrected chi connectivity index (χ0v) is 29.4. The predicted molar refractivity (Wildman–Crippen MR) is 195 cm³/mol. The van der Waals surface area contributed by atoms with Crippen LogP contribution in [0.4, 0.5) is 36.1 Å². The number of hydrogen-bond acceptors (Lipinski definition) is 8. The van der Waals surface area contributed by atoms with E-state index < -0.39 is 29.0 Å². The number of aryl methyl sites for hydroxylation is 1. The van der Waals surface area contributed by atoms with E-state index in [4.69, 9.17) is 9.72 Å². The first-order valence-electron chi connectivity index (χ1n) is 17.2. The number of anilines is 4. The minimum Gasteiger partial charge on any atom is -0.381 e. The second-order valence-corrected chi connectivity index (χ2v) is 14.5. The summed E-state index contributed by atoms with van der Waals surface area (Å²) in [6.45, 7) is 5.11. The lowest BCUT2D eigenvalue weighted by molar-refractivity contribution is -0.000519. The number of pyridine rings is 2. The van der Waals surface area contributed by atoms with Crippen molar-refractivity contribution in [1.82, 2.24) is 9.97 Å². The highest BCUT2D eigenvalue weighted by Gasteiger charge is 2.45. The number of para-hydroxylation sites is 1. The molecule has 3 amide bonds. The molecule has 2 saturated heterocycles. The molecular formula is C39H33F3N6O4S. The lowest BCUT2D eigenvalue weighted by Crippen LogP contribution is -2.59. The molecule has 0 bridgehead atoms. The molecule has 1 spiro atoms. The van der Waals surface area contributed by atoms with E-state index in [1.165, 1.54) is 11.1 Å². The Morgan fingerprint density at radius 2 is 1.62 bits per heavy atom. The van der Waals surface area contributed by atoms with Crippen LogP contribution >= 0.6 is 11.3 Å². The van der Waals surface area contributed by atoms with Gasteiger partial charge in [0.15, 0.2) is 5.82 Å². The number of fused-ring (bicyclic) bond motifs is 3. The van der Waals surface area contributed by atoms with Crippen LogP contribution in [0.3, 0.4) is 0 Å². The highest BCUT2D eigenvalue weighted by atomic mass is 32.1. The minimum atomic E-state index is -0.999. The van der Waals surface area contributed by atoms with E-state index in [1.54, 1.807) is 42.5 Å². The molecule has 3 aliphatic heterocycles. The minimum absolute atomic E-state index is 0.0497. The van der Waals surface area contributed by atoms with Crippen LogP contribution in [0, 0.1) is 29.8 Å². The molecule has 0 atom stereocenters. The van der Waals surface area contributed by atoms with Crippen LogP contribution in [-0.2, 0) is 11.2 Å². The van der Waals surface area contributed by atoms with E-state index >= 15 is 4.39 Å². The third kappa shape index (κ3) is 6.42. The van der Waals surface area contributed by atoms with Gasteiger partial charge < -0.3 is 25.2 Å². The van der Waals surface area contributed by atoms with Crippen LogP contribution in [0.15, 0.2) is 72.9 Å². The maximum absolute atomic E-state index is 15.8. The molecule has 0 radical (unpaired) electrons. The van der Waals surface area contributed by atoms with Crippen molar-refractivity contribution in [3.05, 3.63) is 118 Å². The maximum Gasteiger partial charge on any atom is 0.268 e. The van der Waals surface area contributed by atoms with Crippen LogP contribution in [0.5, 0.6) is 0 Å². The number of aromatic nitrogens is 2. The number of halogens is 3. The first kappa shape index (κ1) is 34.5. The van der Waals surface area contributed by atoms with Crippen LogP contribution < -0.4 is 20.4 Å². The largest absolute Gasteiger partial charge is 0.381 e. The molecule has 2 aromatic carbocycles. The highest BCUT2D eigenvalue weighted by Crippen LogP contribution is 2.44. The van der Waals surface area contributed by atoms with E-state index in [1.807, 2.05) is 13.0 Å². The third-order valence-electron chi connectivity index (χ3n) is 10.0. The Hall–Kier alpha value is -5.60. The molecule has 8 rings (SSSR count). The molecular weight excluding hydrogens is 706 g/mol. The number of rotatable bonds is 6. The number of thiophene rings is 1. The van der Waals surface area contributed by atoms with E-state index in [2.05, 4.69) is 20.5 Å². The van der Waals surface area contributed by atoms with E-state index in [9.17, 15) is 23.2 Å². The molecule has 53 heavy (non-hydrogen) atoms. The molecule has 6 heterocycles. The van der Waals surface area contributed by atoms with Crippen molar-refractivity contribution in [2.45, 2.75) is 26.2 Å². The zero-order valence-electron chi connectivity index (χ0n) is 28.5. The van der Waals surface area contributed by atoms with Gasteiger partial charge in [0.2, 0.25) is 0 Å². The Labute approximate surface area is 306 Å². The summed E-state index contributed by atoms with van der Waals surface area (Å²) < 4.78 is 49.8. The van der Waals surface area contributed by atoms with Gasteiger partial charge in [-0.25, -0.2) is 18.2 Å². The number of carbonyl (C=O) groups excluding carboxylic acids is 3. The zero-order chi connectivity index (χ0) is 36.9. The number of nitrogens with one attached hydrogen (secondary N) is 2. The first-order valence-corrected chi connectivity index (χ1v) is 18.0. The fraction of sp³-hybridized carbons (Fsp3) is 0.256. The monoisotopic (exact) mass is 738 g/mol. The summed E-state index contributed by atoms with van der Waals surface area (Å²) in [4.78, 5) is 53.3. The van der Waals surface area contributed by atoms with Gasteiger partial charge in [0.1, 0.15) is 33.7 Å². The number of amides is 3. The Morgan fingerprint density at radius 1 is 0.887 bits per heavy atom. The van der Waals surface area contributed by atoms with Crippen molar-refractivity contribution in [3.63, 3.8) is 0 Å². The molecule has 0 saturated carbocycles. The molecule has 3 aromatic heterocycles. The summed E-state index contributed by atoms with van der Waals surface area (Å²) in [7, 11) is 0. The molecule has 0 aliphatic carbocycles. The lowest BCUT2D eigenvalue weighted by Gasteiger charge is -2.53. The van der Waals surface area contributed by atoms with Gasteiger partial charge in [0.25, 0.3) is 17.7 Å². The topological polar surface area (TPSA) is 117 Å². The second kappa shape index (κ2) is 13.7. The average molecular weight is 739 g/mol. The van der Waals surface area contributed by atoms with E-state index in [-0.39, 0.29) is 40.6 Å². The SMILES string of the molecule is Cc1ccc(C(=O)Nc2ccc(C(=O)N3CCc4c(sc(C(=O)Nc5c(F)cccc5F)c4F)-c4ncccc43)cc2)c(N2CC3(CCOCC3)C2)n1. The Bertz CT molecular complexity index is 2250. The van der Waals surface area contributed by atoms with Crippen molar-refractivity contribution in [2.75, 3.05) is 53.3 Å². The van der Waals surface area contributed by atoms with Crippen molar-refractivity contribution in [1.29, 1.82) is 0 Å².